The Morgan fingerprint density at radius 2 is 0.613 bits per heavy atom. The highest BCUT2D eigenvalue weighted by Gasteiger charge is 2.45. The normalized spacial score (nSPS) is 13.3. The molecule has 6 heterocycles. The van der Waals surface area contributed by atoms with E-state index in [1.165, 1.54) is 60.0 Å². The predicted molar refractivity (Wildman–Crippen MR) is 332 cm³/mol. The van der Waals surface area contributed by atoms with Crippen molar-refractivity contribution in [1.82, 2.24) is 9.13 Å². The van der Waals surface area contributed by atoms with Crippen molar-refractivity contribution in [2.45, 2.75) is 0 Å². The number of hydrogen-bond acceptors (Lipinski definition) is 4. The zero-order valence-electron chi connectivity index (χ0n) is 43.2. The van der Waals surface area contributed by atoms with E-state index in [0.29, 0.717) is 0 Å². The number of hydrogen-bond donors (Lipinski definition) is 0. The lowest BCUT2D eigenvalue weighted by molar-refractivity contribution is 0.465. The molecule has 0 radical (unpaired) electrons. The van der Waals surface area contributed by atoms with Gasteiger partial charge in [-0.15, -0.1) is 0 Å². The summed E-state index contributed by atoms with van der Waals surface area (Å²) in [6.45, 7) is -0.166. The molecule has 18 rings (SSSR count). The van der Waals surface area contributed by atoms with Crippen molar-refractivity contribution in [3.05, 3.63) is 267 Å². The number of fused-ring (bicyclic) bond motifs is 14. The summed E-state index contributed by atoms with van der Waals surface area (Å²) in [5.41, 5.74) is 22.6. The zero-order chi connectivity index (χ0) is 52.2. The maximum absolute atomic E-state index is 6.99. The highest BCUT2D eigenvalue weighted by molar-refractivity contribution is 7.00. The Labute approximate surface area is 462 Å². The van der Waals surface area contributed by atoms with Crippen LogP contribution >= 0.6 is 0 Å². The Morgan fingerprint density at radius 1 is 0.250 bits per heavy atom. The number of ether oxygens (including phenoxy) is 2. The Bertz CT molecular complexity index is 4540. The highest BCUT2D eigenvalue weighted by atomic mass is 16.5. The highest BCUT2D eigenvalue weighted by Crippen LogP contribution is 2.49. The first-order valence-electron chi connectivity index (χ1n) is 27.6. The summed E-state index contributed by atoms with van der Waals surface area (Å²) < 4.78 is 18.9. The van der Waals surface area contributed by atoms with Crippen molar-refractivity contribution in [1.29, 1.82) is 0 Å². The SMILES string of the molecule is c1ccc(N2c3cc(-n4c5ccccc5c5ccccc54)ccc3B3c4ccc(-n5c6ccccc6c6ccccc65)cc4N(c4ccccc4)c4cc(-c5cc6c7c(c5)Oc5ccccc5B7c5ccccc5O6)cc2c43)cc1. The van der Waals surface area contributed by atoms with Crippen LogP contribution in [0.3, 0.4) is 0 Å². The van der Waals surface area contributed by atoms with Crippen molar-refractivity contribution in [3.63, 3.8) is 0 Å². The van der Waals surface area contributed by atoms with Crippen LogP contribution in [0.25, 0.3) is 66.1 Å². The van der Waals surface area contributed by atoms with E-state index in [9.17, 15) is 0 Å². The minimum atomic E-state index is -0.136. The van der Waals surface area contributed by atoms with Crippen molar-refractivity contribution in [3.8, 4) is 45.5 Å². The second-order valence-corrected chi connectivity index (χ2v) is 21.5. The predicted octanol–water partition coefficient (Wildman–Crippen LogP) is 14.4. The van der Waals surface area contributed by atoms with Gasteiger partial charge in [-0.25, -0.2) is 0 Å². The number of anilines is 6. The molecule has 0 unspecified atom stereocenters. The average molecular weight is 1020 g/mol. The van der Waals surface area contributed by atoms with Crippen LogP contribution < -0.4 is 52.1 Å². The van der Waals surface area contributed by atoms with Crippen LogP contribution in [0.2, 0.25) is 0 Å². The van der Waals surface area contributed by atoms with Gasteiger partial charge < -0.3 is 28.4 Å². The molecule has 8 heteroatoms. The zero-order valence-corrected chi connectivity index (χ0v) is 43.2. The molecule has 12 aromatic carbocycles. The van der Waals surface area contributed by atoms with Crippen molar-refractivity contribution in [2.24, 2.45) is 0 Å². The summed E-state index contributed by atoms with van der Waals surface area (Å²) in [7, 11) is 0. The van der Waals surface area contributed by atoms with E-state index in [2.05, 4.69) is 286 Å². The third-order valence-corrected chi connectivity index (χ3v) is 17.4. The second-order valence-electron chi connectivity index (χ2n) is 21.5. The molecule has 14 aromatic rings. The van der Waals surface area contributed by atoms with Crippen molar-refractivity contribution in [2.75, 3.05) is 9.80 Å². The molecule has 370 valence electrons. The van der Waals surface area contributed by atoms with Crippen LogP contribution in [0.1, 0.15) is 0 Å². The van der Waals surface area contributed by atoms with Gasteiger partial charge in [0.2, 0.25) is 0 Å². The molecule has 4 aliphatic rings. The molecule has 0 bridgehead atoms. The van der Waals surface area contributed by atoms with E-state index in [0.717, 1.165) is 96.0 Å². The minimum Gasteiger partial charge on any atom is -0.458 e. The number of para-hydroxylation sites is 8. The average Bonchev–Trinajstić information content (AvgIpc) is 4.14. The molecule has 4 aliphatic heterocycles. The Hall–Kier alpha value is -10.4. The molecule has 6 nitrogen and oxygen atoms in total. The smallest absolute Gasteiger partial charge is 0.260 e. The first kappa shape index (κ1) is 43.6. The van der Waals surface area contributed by atoms with Crippen LogP contribution in [-0.2, 0) is 0 Å². The van der Waals surface area contributed by atoms with Crippen molar-refractivity contribution < 1.29 is 9.47 Å². The molecular formula is C72H44B2N4O2. The van der Waals surface area contributed by atoms with E-state index >= 15 is 0 Å². The summed E-state index contributed by atoms with van der Waals surface area (Å²) >= 11 is 0. The van der Waals surface area contributed by atoms with Gasteiger partial charge in [0.05, 0.1) is 22.1 Å². The minimum absolute atomic E-state index is 0.0305. The Kier molecular flexibility index (Phi) is 9.03. The van der Waals surface area contributed by atoms with Gasteiger partial charge in [0, 0.05) is 72.5 Å². The summed E-state index contributed by atoms with van der Waals surface area (Å²) in [6.07, 6.45) is 0. The summed E-state index contributed by atoms with van der Waals surface area (Å²) in [4.78, 5) is 5.04. The van der Waals surface area contributed by atoms with Gasteiger partial charge in [-0.05, 0) is 148 Å². The number of nitrogens with zero attached hydrogens (tertiary/aromatic N) is 4. The number of aromatic nitrogens is 2. The fourth-order valence-corrected chi connectivity index (χ4v) is 14.1. The lowest BCUT2D eigenvalue weighted by atomic mass is 9.33. The first-order chi connectivity index (χ1) is 39.7. The standard InChI is InChI=1S/C72H44B2N4O2/c1-3-19-47(20-4-1)75-63-43-49(77-59-29-13-7-23-51(59)52-24-8-14-30-60(52)77)35-37-55(63)73-56-38-36-50(78-61-31-15-9-25-53(61)54-26-10-16-32-62(54)78)44-64(56)76(48-21-5-2-6-22-48)66-40-45(39-65(75)71(66)73)46-41-69-72-70(42-46)80-68-34-18-12-28-58(68)74(72)57-27-11-17-33-67(57)79-69/h1-44H. The molecule has 2 aromatic heterocycles. The van der Waals surface area contributed by atoms with Gasteiger partial charge in [-0.3, -0.25) is 0 Å². The second kappa shape index (κ2) is 16.5. The maximum atomic E-state index is 6.99. The Morgan fingerprint density at radius 3 is 1.05 bits per heavy atom. The van der Waals surface area contributed by atoms with Crippen LogP contribution in [-0.4, -0.2) is 22.6 Å². The quantitative estimate of drug-likeness (QED) is 0.161. The van der Waals surface area contributed by atoms with Gasteiger partial charge in [-0.2, -0.15) is 0 Å². The molecule has 0 N–H and O–H groups in total. The molecule has 80 heavy (non-hydrogen) atoms. The molecule has 0 saturated heterocycles. The molecular weight excluding hydrogens is 974 g/mol. The van der Waals surface area contributed by atoms with E-state index in [-0.39, 0.29) is 13.4 Å². The molecule has 0 aliphatic carbocycles. The third kappa shape index (κ3) is 6.10. The van der Waals surface area contributed by atoms with Crippen LogP contribution in [0.5, 0.6) is 23.0 Å². The number of benzene rings is 12. The number of rotatable bonds is 5. The van der Waals surface area contributed by atoms with E-state index in [1.54, 1.807) is 0 Å². The lowest BCUT2D eigenvalue weighted by Gasteiger charge is -2.44. The largest absolute Gasteiger partial charge is 0.458 e. The molecule has 0 atom stereocenters. The monoisotopic (exact) mass is 1020 g/mol. The topological polar surface area (TPSA) is 34.8 Å². The Balaban J connectivity index is 0.936. The lowest BCUT2D eigenvalue weighted by Crippen LogP contribution is -2.61. The van der Waals surface area contributed by atoms with Crippen LogP contribution in [0.4, 0.5) is 34.1 Å². The molecule has 0 fully saturated rings. The van der Waals surface area contributed by atoms with Gasteiger partial charge in [0.1, 0.15) is 23.0 Å². The van der Waals surface area contributed by atoms with Gasteiger partial charge >= 0.3 is 0 Å². The van der Waals surface area contributed by atoms with Gasteiger partial charge in [-0.1, -0.05) is 158 Å². The third-order valence-electron chi connectivity index (χ3n) is 17.4. The molecule has 0 amide bonds. The van der Waals surface area contributed by atoms with Crippen molar-refractivity contribution >= 4 is 124 Å². The van der Waals surface area contributed by atoms with Gasteiger partial charge in [0.15, 0.2) is 0 Å². The fourth-order valence-electron chi connectivity index (χ4n) is 14.1. The first-order valence-corrected chi connectivity index (χ1v) is 27.6. The van der Waals surface area contributed by atoms with E-state index < -0.39 is 0 Å². The van der Waals surface area contributed by atoms with E-state index in [4.69, 9.17) is 9.47 Å². The maximum Gasteiger partial charge on any atom is 0.260 e. The molecule has 0 spiro atoms. The van der Waals surface area contributed by atoms with Gasteiger partial charge in [0.25, 0.3) is 13.4 Å². The van der Waals surface area contributed by atoms with Crippen LogP contribution in [0, 0.1) is 0 Å². The summed E-state index contributed by atoms with van der Waals surface area (Å²) in [5.74, 6) is 3.35. The summed E-state index contributed by atoms with van der Waals surface area (Å²) in [6, 6.07) is 97.7. The van der Waals surface area contributed by atoms with Crippen LogP contribution in [0.15, 0.2) is 267 Å². The molecule has 0 saturated carbocycles. The van der Waals surface area contributed by atoms with E-state index in [1.807, 2.05) is 0 Å². The fraction of sp³-hybridized carbons (Fsp3) is 0. The summed E-state index contributed by atoms with van der Waals surface area (Å²) in [5, 5.41) is 4.93.